The number of nitrogens with zero attached hydrogens (tertiary/aromatic N) is 4. The fraction of sp³-hybridized carbons (Fsp3) is 0.318. The Kier molecular flexibility index (Phi) is 5.53. The van der Waals surface area contributed by atoms with E-state index in [1.54, 1.807) is 12.3 Å². The molecule has 1 unspecified atom stereocenters. The van der Waals surface area contributed by atoms with E-state index in [0.29, 0.717) is 36.7 Å². The molecule has 1 aromatic heterocycles. The van der Waals surface area contributed by atoms with Gasteiger partial charge in [0.2, 0.25) is 5.95 Å². The third kappa shape index (κ3) is 4.27. The number of fused-ring (bicyclic) bond motifs is 1. The lowest BCUT2D eigenvalue weighted by Gasteiger charge is -2.43. The number of rotatable bonds is 3. The summed E-state index contributed by atoms with van der Waals surface area (Å²) in [6.07, 6.45) is 1.66. The normalized spacial score (nSPS) is 17.0. The predicted molar refractivity (Wildman–Crippen MR) is 118 cm³/mol. The van der Waals surface area contributed by atoms with E-state index >= 15 is 0 Å². The average Bonchev–Trinajstić information content (AvgIpc) is 2.73. The number of carbonyl (C=O) groups is 1. The smallest absolute Gasteiger partial charge is 0.322 e. The van der Waals surface area contributed by atoms with Crippen LogP contribution in [-0.2, 0) is 0 Å². The van der Waals surface area contributed by atoms with Crippen molar-refractivity contribution in [1.29, 1.82) is 0 Å². The van der Waals surface area contributed by atoms with Crippen LogP contribution in [-0.4, -0.2) is 46.6 Å². The Morgan fingerprint density at radius 1 is 1.14 bits per heavy atom. The summed E-state index contributed by atoms with van der Waals surface area (Å²) in [5.74, 6) is 0.900. The summed E-state index contributed by atoms with van der Waals surface area (Å²) in [5.41, 5.74) is 0.803. The number of piperazine rings is 1. The monoisotopic (exact) mass is 409 g/mol. The maximum atomic E-state index is 13.1. The van der Waals surface area contributed by atoms with Gasteiger partial charge in [0, 0.05) is 31.5 Å². The molecule has 4 rings (SSSR count). The minimum atomic E-state index is -0.0781. The topological polar surface area (TPSA) is 61.4 Å². The molecule has 0 radical (unpaired) electrons. The van der Waals surface area contributed by atoms with Gasteiger partial charge in [0.05, 0.1) is 6.04 Å². The molecule has 1 saturated heterocycles. The molecule has 6 nitrogen and oxygen atoms in total. The molecule has 1 fully saturated rings. The van der Waals surface area contributed by atoms with Gasteiger partial charge in [-0.15, -0.1) is 0 Å². The van der Waals surface area contributed by atoms with E-state index in [4.69, 9.17) is 11.6 Å². The second kappa shape index (κ2) is 8.25. The number of amides is 2. The van der Waals surface area contributed by atoms with Crippen LogP contribution in [0.3, 0.4) is 0 Å². The molecule has 2 aromatic carbocycles. The van der Waals surface area contributed by atoms with Crippen molar-refractivity contribution in [2.24, 2.45) is 5.92 Å². The van der Waals surface area contributed by atoms with Crippen molar-refractivity contribution in [1.82, 2.24) is 14.9 Å². The predicted octanol–water partition coefficient (Wildman–Crippen LogP) is 4.66. The Hall–Kier alpha value is -2.86. The molecular weight excluding hydrogens is 386 g/mol. The van der Waals surface area contributed by atoms with Crippen LogP contribution in [0.2, 0.25) is 5.15 Å². The Balaban J connectivity index is 1.50. The third-order valence-corrected chi connectivity index (χ3v) is 5.55. The van der Waals surface area contributed by atoms with E-state index in [0.717, 1.165) is 16.5 Å². The number of anilines is 2. The van der Waals surface area contributed by atoms with Crippen LogP contribution in [0.4, 0.5) is 16.4 Å². The highest BCUT2D eigenvalue weighted by atomic mass is 35.5. The number of hydrogen-bond donors (Lipinski definition) is 1. The van der Waals surface area contributed by atoms with Crippen LogP contribution >= 0.6 is 11.6 Å². The second-order valence-electron chi connectivity index (χ2n) is 7.62. The fourth-order valence-corrected chi connectivity index (χ4v) is 3.89. The van der Waals surface area contributed by atoms with Gasteiger partial charge in [-0.3, -0.25) is 0 Å². The third-order valence-electron chi connectivity index (χ3n) is 5.34. The van der Waals surface area contributed by atoms with Crippen LogP contribution in [0.15, 0.2) is 54.7 Å². The van der Waals surface area contributed by atoms with Gasteiger partial charge < -0.3 is 15.1 Å². The van der Waals surface area contributed by atoms with Crippen molar-refractivity contribution >= 4 is 40.0 Å². The zero-order valence-corrected chi connectivity index (χ0v) is 17.3. The zero-order valence-electron chi connectivity index (χ0n) is 16.5. The number of benzene rings is 2. The summed E-state index contributed by atoms with van der Waals surface area (Å²) in [7, 11) is 0. The molecule has 0 spiro atoms. The van der Waals surface area contributed by atoms with Gasteiger partial charge in [-0.1, -0.05) is 55.8 Å². The van der Waals surface area contributed by atoms with E-state index < -0.39 is 0 Å². The first-order valence-corrected chi connectivity index (χ1v) is 10.2. The van der Waals surface area contributed by atoms with Gasteiger partial charge in [-0.2, -0.15) is 0 Å². The number of halogens is 1. The van der Waals surface area contributed by atoms with Crippen molar-refractivity contribution in [3.63, 3.8) is 0 Å². The van der Waals surface area contributed by atoms with E-state index in [1.165, 1.54) is 0 Å². The highest BCUT2D eigenvalue weighted by molar-refractivity contribution is 6.29. The summed E-state index contributed by atoms with van der Waals surface area (Å²) >= 11 is 6.02. The van der Waals surface area contributed by atoms with Crippen LogP contribution in [0.5, 0.6) is 0 Å². The van der Waals surface area contributed by atoms with Crippen molar-refractivity contribution < 1.29 is 4.79 Å². The molecule has 2 amide bonds. The highest BCUT2D eigenvalue weighted by Crippen LogP contribution is 2.23. The summed E-state index contributed by atoms with van der Waals surface area (Å²) < 4.78 is 0. The Labute approximate surface area is 175 Å². The summed E-state index contributed by atoms with van der Waals surface area (Å²) in [6.45, 7) is 6.18. The van der Waals surface area contributed by atoms with Gasteiger partial charge in [0.15, 0.2) is 0 Å². The fourth-order valence-electron chi connectivity index (χ4n) is 3.76. The minimum absolute atomic E-state index is 0.0480. The average molecular weight is 410 g/mol. The summed E-state index contributed by atoms with van der Waals surface area (Å²) in [6, 6.07) is 15.7. The van der Waals surface area contributed by atoms with Crippen molar-refractivity contribution in [3.8, 4) is 0 Å². The van der Waals surface area contributed by atoms with Crippen LogP contribution in [0.25, 0.3) is 10.8 Å². The SMILES string of the molecule is CC(C)C1CN(c2nccc(Cl)n2)CCN1C(=O)Nc1ccc2ccccc2c1. The quantitative estimate of drug-likeness (QED) is 0.639. The first-order valence-electron chi connectivity index (χ1n) is 9.81. The van der Waals surface area contributed by atoms with E-state index in [-0.39, 0.29) is 12.1 Å². The summed E-state index contributed by atoms with van der Waals surface area (Å²) in [4.78, 5) is 25.7. The van der Waals surface area contributed by atoms with Gasteiger partial charge in [0.25, 0.3) is 0 Å². The molecule has 2 heterocycles. The molecule has 1 atom stereocenters. The van der Waals surface area contributed by atoms with Gasteiger partial charge in [0.1, 0.15) is 5.15 Å². The lowest BCUT2D eigenvalue weighted by Crippen LogP contribution is -2.58. The van der Waals surface area contributed by atoms with Gasteiger partial charge in [-0.25, -0.2) is 14.8 Å². The standard InChI is InChI=1S/C22H24ClN5O/c1-15(2)19-14-27(21-24-10-9-20(23)26-21)11-12-28(19)22(29)25-18-8-7-16-5-3-4-6-17(16)13-18/h3-10,13,15,19H,11-12,14H2,1-2H3,(H,25,29). The first kappa shape index (κ1) is 19.5. The molecule has 0 aliphatic carbocycles. The molecule has 0 bridgehead atoms. The Morgan fingerprint density at radius 2 is 1.93 bits per heavy atom. The van der Waals surface area contributed by atoms with Gasteiger partial charge in [-0.05, 0) is 34.9 Å². The zero-order chi connectivity index (χ0) is 20.4. The van der Waals surface area contributed by atoms with Crippen LogP contribution in [0, 0.1) is 5.92 Å². The Bertz CT molecular complexity index is 1020. The number of nitrogens with one attached hydrogen (secondary N) is 1. The first-order chi connectivity index (χ1) is 14.0. The largest absolute Gasteiger partial charge is 0.337 e. The van der Waals surface area contributed by atoms with Crippen molar-refractivity contribution in [2.75, 3.05) is 29.9 Å². The van der Waals surface area contributed by atoms with Crippen molar-refractivity contribution in [2.45, 2.75) is 19.9 Å². The summed E-state index contributed by atoms with van der Waals surface area (Å²) in [5, 5.41) is 5.75. The molecule has 1 aliphatic heterocycles. The molecular formula is C22H24ClN5O. The minimum Gasteiger partial charge on any atom is -0.337 e. The van der Waals surface area contributed by atoms with E-state index in [2.05, 4.69) is 40.1 Å². The maximum Gasteiger partial charge on any atom is 0.322 e. The molecule has 150 valence electrons. The van der Waals surface area contributed by atoms with E-state index in [1.807, 2.05) is 41.3 Å². The van der Waals surface area contributed by atoms with Crippen LogP contribution < -0.4 is 10.2 Å². The number of aromatic nitrogens is 2. The molecule has 7 heteroatoms. The molecule has 3 aromatic rings. The number of urea groups is 1. The lowest BCUT2D eigenvalue weighted by molar-refractivity contribution is 0.156. The molecule has 0 saturated carbocycles. The number of carbonyl (C=O) groups excluding carboxylic acids is 1. The Morgan fingerprint density at radius 3 is 2.69 bits per heavy atom. The van der Waals surface area contributed by atoms with Crippen molar-refractivity contribution in [3.05, 3.63) is 59.9 Å². The van der Waals surface area contributed by atoms with Crippen LogP contribution in [0.1, 0.15) is 13.8 Å². The maximum absolute atomic E-state index is 13.1. The lowest BCUT2D eigenvalue weighted by atomic mass is 10.00. The second-order valence-corrected chi connectivity index (χ2v) is 8.01. The molecule has 1 N–H and O–H groups in total. The number of hydrogen-bond acceptors (Lipinski definition) is 4. The highest BCUT2D eigenvalue weighted by Gasteiger charge is 2.33. The van der Waals surface area contributed by atoms with Gasteiger partial charge >= 0.3 is 6.03 Å². The molecule has 1 aliphatic rings. The molecule has 29 heavy (non-hydrogen) atoms. The van der Waals surface area contributed by atoms with E-state index in [9.17, 15) is 4.79 Å².